The minimum Gasteiger partial charge on any atom is -0.373 e. The zero-order valence-electron chi connectivity index (χ0n) is 6.87. The summed E-state index contributed by atoms with van der Waals surface area (Å²) in [6.45, 7) is 2.96. The molecule has 1 aromatic rings. The van der Waals surface area contributed by atoms with E-state index in [0.717, 1.165) is 4.57 Å². The van der Waals surface area contributed by atoms with Gasteiger partial charge in [-0.15, -0.1) is 0 Å². The van der Waals surface area contributed by atoms with Crippen molar-refractivity contribution in [3.05, 3.63) is 32.6 Å². The van der Waals surface area contributed by atoms with E-state index < -0.39 is 17.5 Å². The Labute approximate surface area is 68.3 Å². The lowest BCUT2D eigenvalue weighted by molar-refractivity contribution is 0.115. The highest BCUT2D eigenvalue weighted by molar-refractivity contribution is 4.96. The Morgan fingerprint density at radius 1 is 1.58 bits per heavy atom. The van der Waals surface area contributed by atoms with Crippen molar-refractivity contribution in [1.29, 1.82) is 0 Å². The smallest absolute Gasteiger partial charge is 0.330 e. The number of hydrogen-bond donors (Lipinski definition) is 2. The molecule has 1 aromatic heterocycles. The van der Waals surface area contributed by atoms with Crippen LogP contribution in [0.3, 0.4) is 0 Å². The molecule has 12 heavy (non-hydrogen) atoms. The zero-order valence-corrected chi connectivity index (χ0v) is 6.87. The number of aliphatic hydroxyl groups is 1. The number of aromatic nitrogens is 2. The van der Waals surface area contributed by atoms with E-state index in [1.54, 1.807) is 6.92 Å². The van der Waals surface area contributed by atoms with Crippen LogP contribution in [0.15, 0.2) is 15.7 Å². The van der Waals surface area contributed by atoms with E-state index >= 15 is 0 Å². The van der Waals surface area contributed by atoms with Crippen molar-refractivity contribution >= 4 is 0 Å². The number of aromatic amines is 1. The maximum absolute atomic E-state index is 11.1. The molecular weight excluding hydrogens is 160 g/mol. The number of nitrogens with one attached hydrogen (secondary N) is 1. The van der Waals surface area contributed by atoms with Gasteiger partial charge < -0.3 is 10.1 Å². The van der Waals surface area contributed by atoms with Crippen molar-refractivity contribution in [2.45, 2.75) is 20.1 Å². The van der Waals surface area contributed by atoms with Crippen LogP contribution in [0.4, 0.5) is 0 Å². The number of H-pyrrole nitrogens is 1. The number of nitrogens with zero attached hydrogens (tertiary/aromatic N) is 1. The van der Waals surface area contributed by atoms with Gasteiger partial charge in [-0.2, -0.15) is 0 Å². The summed E-state index contributed by atoms with van der Waals surface area (Å²) in [6, 6.07) is 1.26. The summed E-state index contributed by atoms with van der Waals surface area (Å²) >= 11 is 0. The molecule has 1 heterocycles. The first kappa shape index (κ1) is 8.73. The average Bonchev–Trinajstić information content (AvgIpc) is 1.82. The summed E-state index contributed by atoms with van der Waals surface area (Å²) in [5.41, 5.74) is -0.594. The Balaban J connectivity index is 3.50. The third-order valence-electron chi connectivity index (χ3n) is 1.47. The number of aryl methyl sites for hydroxylation is 1. The molecule has 0 amide bonds. The fourth-order valence-corrected chi connectivity index (χ4v) is 0.974. The normalized spacial score (nSPS) is 12.9. The molecule has 0 saturated heterocycles. The van der Waals surface area contributed by atoms with Crippen molar-refractivity contribution < 1.29 is 5.11 Å². The molecule has 0 fully saturated rings. The van der Waals surface area contributed by atoms with Gasteiger partial charge in [0.15, 0.2) is 0 Å². The average molecular weight is 170 g/mol. The van der Waals surface area contributed by atoms with Gasteiger partial charge in [0.2, 0.25) is 0 Å². The van der Waals surface area contributed by atoms with Gasteiger partial charge in [-0.1, -0.05) is 0 Å². The molecule has 66 valence electrons. The predicted octanol–water partition coefficient (Wildman–Crippen LogP) is -0.644. The third kappa shape index (κ3) is 1.45. The van der Waals surface area contributed by atoms with Crippen LogP contribution in [0.5, 0.6) is 0 Å². The molecule has 0 spiro atoms. The lowest BCUT2D eigenvalue weighted by atomic mass is 10.4. The van der Waals surface area contributed by atoms with Gasteiger partial charge in [-0.3, -0.25) is 4.79 Å². The molecule has 5 heteroatoms. The van der Waals surface area contributed by atoms with Crippen LogP contribution in [-0.2, 0) is 0 Å². The third-order valence-corrected chi connectivity index (χ3v) is 1.47. The molecule has 0 aromatic carbocycles. The van der Waals surface area contributed by atoms with E-state index in [1.807, 2.05) is 0 Å². The summed E-state index contributed by atoms with van der Waals surface area (Å²) in [5.74, 6) is 0. The van der Waals surface area contributed by atoms with Crippen molar-refractivity contribution in [2.75, 3.05) is 0 Å². The lowest BCUT2D eigenvalue weighted by Crippen LogP contribution is -2.37. The van der Waals surface area contributed by atoms with E-state index in [-0.39, 0.29) is 0 Å². The van der Waals surface area contributed by atoms with Crippen LogP contribution in [0.25, 0.3) is 0 Å². The maximum Gasteiger partial charge on any atom is 0.330 e. The molecule has 2 N–H and O–H groups in total. The van der Waals surface area contributed by atoms with Crippen LogP contribution >= 0.6 is 0 Å². The van der Waals surface area contributed by atoms with Gasteiger partial charge in [0.05, 0.1) is 0 Å². The quantitative estimate of drug-likeness (QED) is 0.588. The van der Waals surface area contributed by atoms with Crippen molar-refractivity contribution in [3.8, 4) is 0 Å². The predicted molar refractivity (Wildman–Crippen MR) is 43.0 cm³/mol. The first-order chi connectivity index (χ1) is 5.52. The van der Waals surface area contributed by atoms with E-state index in [1.165, 1.54) is 13.0 Å². The maximum atomic E-state index is 11.1. The van der Waals surface area contributed by atoms with Gasteiger partial charge in [0.1, 0.15) is 6.23 Å². The molecule has 0 aliphatic carbocycles. The molecule has 0 bridgehead atoms. The molecule has 0 saturated carbocycles. The van der Waals surface area contributed by atoms with E-state index in [9.17, 15) is 9.59 Å². The summed E-state index contributed by atoms with van der Waals surface area (Å²) in [6.07, 6.45) is -1.10. The molecule has 1 atom stereocenters. The topological polar surface area (TPSA) is 75.1 Å². The van der Waals surface area contributed by atoms with Crippen LogP contribution in [-0.4, -0.2) is 14.7 Å². The first-order valence-electron chi connectivity index (χ1n) is 3.53. The number of aliphatic hydroxyl groups excluding tert-OH is 1. The second kappa shape index (κ2) is 2.94. The Kier molecular flexibility index (Phi) is 2.14. The summed E-state index contributed by atoms with van der Waals surface area (Å²) in [7, 11) is 0. The van der Waals surface area contributed by atoms with Gasteiger partial charge >= 0.3 is 5.69 Å². The van der Waals surface area contributed by atoms with Crippen LogP contribution in [0, 0.1) is 6.92 Å². The minimum atomic E-state index is -1.10. The second-order valence-electron chi connectivity index (χ2n) is 2.60. The van der Waals surface area contributed by atoms with E-state index in [0.29, 0.717) is 5.69 Å². The van der Waals surface area contributed by atoms with Crippen LogP contribution in [0.2, 0.25) is 0 Å². The zero-order chi connectivity index (χ0) is 9.30. The van der Waals surface area contributed by atoms with Crippen molar-refractivity contribution in [2.24, 2.45) is 0 Å². The molecule has 1 unspecified atom stereocenters. The molecule has 1 rings (SSSR count). The molecular formula is C7H10N2O3. The van der Waals surface area contributed by atoms with Crippen molar-refractivity contribution in [3.63, 3.8) is 0 Å². The highest BCUT2D eigenvalue weighted by Crippen LogP contribution is 1.89. The summed E-state index contributed by atoms with van der Waals surface area (Å²) < 4.78 is 0.743. The fourth-order valence-electron chi connectivity index (χ4n) is 0.974. The number of hydrogen-bond acceptors (Lipinski definition) is 3. The Morgan fingerprint density at radius 2 is 2.17 bits per heavy atom. The molecule has 0 radical (unpaired) electrons. The monoisotopic (exact) mass is 170 g/mol. The van der Waals surface area contributed by atoms with E-state index in [2.05, 4.69) is 4.98 Å². The lowest BCUT2D eigenvalue weighted by Gasteiger charge is -2.06. The van der Waals surface area contributed by atoms with Gasteiger partial charge in [-0.25, -0.2) is 9.36 Å². The Bertz CT molecular complexity index is 357. The van der Waals surface area contributed by atoms with E-state index in [4.69, 9.17) is 5.11 Å². The molecule has 0 aliphatic heterocycles. The Hall–Kier alpha value is -1.36. The minimum absolute atomic E-state index is 0.488. The largest absolute Gasteiger partial charge is 0.373 e. The van der Waals surface area contributed by atoms with Gasteiger partial charge in [0.25, 0.3) is 5.56 Å². The summed E-state index contributed by atoms with van der Waals surface area (Å²) in [5, 5.41) is 9.02. The highest BCUT2D eigenvalue weighted by Gasteiger charge is 2.05. The van der Waals surface area contributed by atoms with Crippen molar-refractivity contribution in [1.82, 2.24) is 9.55 Å². The van der Waals surface area contributed by atoms with Crippen LogP contribution < -0.4 is 11.2 Å². The van der Waals surface area contributed by atoms with Gasteiger partial charge in [0, 0.05) is 11.8 Å². The van der Waals surface area contributed by atoms with Gasteiger partial charge in [-0.05, 0) is 13.8 Å². The number of rotatable bonds is 1. The fraction of sp³-hybridized carbons (Fsp3) is 0.429. The SMILES string of the molecule is Cc1cc(=O)n(C(C)O)c(=O)[nH]1. The second-order valence-corrected chi connectivity index (χ2v) is 2.60. The summed E-state index contributed by atoms with van der Waals surface area (Å²) in [4.78, 5) is 24.5. The molecule has 0 aliphatic rings. The highest BCUT2D eigenvalue weighted by atomic mass is 16.3. The van der Waals surface area contributed by atoms with Crippen LogP contribution in [0.1, 0.15) is 18.8 Å². The molecule has 5 nitrogen and oxygen atoms in total. The standard InChI is InChI=1S/C7H10N2O3/c1-4-3-6(11)9(5(2)10)7(12)8-4/h3,5,10H,1-2H3,(H,8,12). The first-order valence-corrected chi connectivity index (χ1v) is 3.53. The Morgan fingerprint density at radius 3 is 2.58 bits per heavy atom.